The lowest BCUT2D eigenvalue weighted by Gasteiger charge is -2.01. The highest BCUT2D eigenvalue weighted by Gasteiger charge is 2.26. The third-order valence-corrected chi connectivity index (χ3v) is 3.12. The number of fused-ring (bicyclic) bond motifs is 1. The molecule has 3 N–H and O–H groups in total. The van der Waals surface area contributed by atoms with Gasteiger partial charge in [0.2, 0.25) is 0 Å². The SMILES string of the molecule is Cc1cc2[nH]cc(C3CC3)c2cc1N. The van der Waals surface area contributed by atoms with Crippen LogP contribution in [0.1, 0.15) is 29.9 Å². The fourth-order valence-electron chi connectivity index (χ4n) is 2.05. The second kappa shape index (κ2) is 2.53. The molecule has 1 aromatic carbocycles. The van der Waals surface area contributed by atoms with Gasteiger partial charge in [-0.2, -0.15) is 0 Å². The van der Waals surface area contributed by atoms with Crippen molar-refractivity contribution in [2.24, 2.45) is 0 Å². The molecule has 14 heavy (non-hydrogen) atoms. The number of nitrogens with one attached hydrogen (secondary N) is 1. The normalized spacial score (nSPS) is 16.4. The Hall–Kier alpha value is -1.44. The van der Waals surface area contributed by atoms with Crippen molar-refractivity contribution in [3.05, 3.63) is 29.5 Å². The van der Waals surface area contributed by atoms with Crippen molar-refractivity contribution in [2.75, 3.05) is 5.73 Å². The number of aryl methyl sites for hydroxylation is 1. The summed E-state index contributed by atoms with van der Waals surface area (Å²) in [6.07, 6.45) is 4.81. The van der Waals surface area contributed by atoms with Gasteiger partial charge in [0.1, 0.15) is 0 Å². The molecule has 0 radical (unpaired) electrons. The van der Waals surface area contributed by atoms with Crippen LogP contribution in [-0.2, 0) is 0 Å². The molecule has 0 spiro atoms. The number of hydrogen-bond acceptors (Lipinski definition) is 1. The molecule has 1 aliphatic carbocycles. The number of nitrogen functional groups attached to an aromatic ring is 1. The van der Waals surface area contributed by atoms with Crippen LogP contribution < -0.4 is 5.73 Å². The third-order valence-electron chi connectivity index (χ3n) is 3.12. The molecule has 1 aromatic heterocycles. The van der Waals surface area contributed by atoms with Gasteiger partial charge in [-0.3, -0.25) is 0 Å². The van der Waals surface area contributed by atoms with E-state index in [4.69, 9.17) is 5.73 Å². The lowest BCUT2D eigenvalue weighted by atomic mass is 10.1. The van der Waals surface area contributed by atoms with Gasteiger partial charge in [-0.05, 0) is 48.9 Å². The van der Waals surface area contributed by atoms with Gasteiger partial charge in [-0.1, -0.05) is 0 Å². The average molecular weight is 186 g/mol. The number of anilines is 1. The van der Waals surface area contributed by atoms with Crippen LogP contribution in [0.25, 0.3) is 10.9 Å². The highest BCUT2D eigenvalue weighted by molar-refractivity contribution is 5.88. The Morgan fingerprint density at radius 1 is 1.36 bits per heavy atom. The molecule has 1 aliphatic rings. The second-order valence-corrected chi connectivity index (χ2v) is 4.27. The van der Waals surface area contributed by atoms with E-state index in [1.807, 2.05) is 6.92 Å². The van der Waals surface area contributed by atoms with Gasteiger partial charge in [0.15, 0.2) is 0 Å². The van der Waals surface area contributed by atoms with Gasteiger partial charge in [-0.15, -0.1) is 0 Å². The molecule has 0 amide bonds. The number of nitrogens with two attached hydrogens (primary N) is 1. The van der Waals surface area contributed by atoms with Crippen molar-refractivity contribution in [1.29, 1.82) is 0 Å². The summed E-state index contributed by atoms with van der Waals surface area (Å²) in [7, 11) is 0. The van der Waals surface area contributed by atoms with Crippen molar-refractivity contribution >= 4 is 16.6 Å². The predicted octanol–water partition coefficient (Wildman–Crippen LogP) is 2.94. The van der Waals surface area contributed by atoms with Gasteiger partial charge < -0.3 is 10.7 Å². The molecule has 1 heterocycles. The quantitative estimate of drug-likeness (QED) is 0.660. The van der Waals surface area contributed by atoms with Crippen molar-refractivity contribution < 1.29 is 0 Å². The van der Waals surface area contributed by atoms with E-state index in [-0.39, 0.29) is 0 Å². The largest absolute Gasteiger partial charge is 0.398 e. The Morgan fingerprint density at radius 3 is 2.86 bits per heavy atom. The van der Waals surface area contributed by atoms with Crippen molar-refractivity contribution in [3.63, 3.8) is 0 Å². The Morgan fingerprint density at radius 2 is 2.14 bits per heavy atom. The van der Waals surface area contributed by atoms with Crippen LogP contribution in [0.15, 0.2) is 18.3 Å². The Labute approximate surface area is 83.1 Å². The zero-order valence-electron chi connectivity index (χ0n) is 8.30. The number of H-pyrrole nitrogens is 1. The fourth-order valence-corrected chi connectivity index (χ4v) is 2.05. The maximum absolute atomic E-state index is 5.92. The van der Waals surface area contributed by atoms with E-state index in [1.54, 1.807) is 0 Å². The molecule has 0 atom stereocenters. The zero-order chi connectivity index (χ0) is 9.71. The molecule has 1 saturated carbocycles. The summed E-state index contributed by atoms with van der Waals surface area (Å²) >= 11 is 0. The molecule has 0 saturated heterocycles. The van der Waals surface area contributed by atoms with Gasteiger partial charge >= 0.3 is 0 Å². The molecule has 0 aliphatic heterocycles. The summed E-state index contributed by atoms with van der Waals surface area (Å²) in [5.74, 6) is 0.783. The molecular weight excluding hydrogens is 172 g/mol. The number of hydrogen-bond donors (Lipinski definition) is 2. The summed E-state index contributed by atoms with van der Waals surface area (Å²) in [6.45, 7) is 2.05. The maximum Gasteiger partial charge on any atom is 0.0461 e. The van der Waals surface area contributed by atoms with E-state index in [0.29, 0.717) is 0 Å². The average Bonchev–Trinajstić information content (AvgIpc) is 2.91. The van der Waals surface area contributed by atoms with Crippen LogP contribution in [0.4, 0.5) is 5.69 Å². The van der Waals surface area contributed by atoms with E-state index in [0.717, 1.165) is 17.2 Å². The monoisotopic (exact) mass is 186 g/mol. The lowest BCUT2D eigenvalue weighted by molar-refractivity contribution is 1.15. The first-order valence-electron chi connectivity index (χ1n) is 5.13. The number of rotatable bonds is 1. The number of benzene rings is 1. The molecule has 2 aromatic rings. The highest BCUT2D eigenvalue weighted by atomic mass is 14.7. The summed E-state index contributed by atoms with van der Waals surface area (Å²) in [5.41, 5.74) is 10.6. The lowest BCUT2D eigenvalue weighted by Crippen LogP contribution is -1.89. The molecule has 0 unspecified atom stereocenters. The minimum Gasteiger partial charge on any atom is -0.398 e. The van der Waals surface area contributed by atoms with Crippen molar-refractivity contribution in [1.82, 2.24) is 4.98 Å². The first kappa shape index (κ1) is 7.92. The third kappa shape index (κ3) is 1.03. The number of aromatic nitrogens is 1. The van der Waals surface area contributed by atoms with Crippen LogP contribution in [0, 0.1) is 6.92 Å². The smallest absolute Gasteiger partial charge is 0.0461 e. The Kier molecular flexibility index (Phi) is 1.43. The van der Waals surface area contributed by atoms with Crippen LogP contribution in [0.3, 0.4) is 0 Å². The van der Waals surface area contributed by atoms with Crippen LogP contribution >= 0.6 is 0 Å². The number of aromatic amines is 1. The topological polar surface area (TPSA) is 41.8 Å². The summed E-state index contributed by atoms with van der Waals surface area (Å²) < 4.78 is 0. The van der Waals surface area contributed by atoms with E-state index < -0.39 is 0 Å². The molecule has 3 rings (SSSR count). The van der Waals surface area contributed by atoms with Gasteiger partial charge in [0.05, 0.1) is 0 Å². The minimum atomic E-state index is 0.783. The second-order valence-electron chi connectivity index (χ2n) is 4.27. The Balaban J connectivity index is 2.29. The minimum absolute atomic E-state index is 0.783. The fraction of sp³-hybridized carbons (Fsp3) is 0.333. The molecule has 2 heteroatoms. The first-order chi connectivity index (χ1) is 6.75. The van der Waals surface area contributed by atoms with E-state index in [9.17, 15) is 0 Å². The van der Waals surface area contributed by atoms with Gasteiger partial charge in [0, 0.05) is 22.8 Å². The van der Waals surface area contributed by atoms with Crippen LogP contribution in [0.5, 0.6) is 0 Å². The summed E-state index contributed by atoms with van der Waals surface area (Å²) in [5, 5.41) is 1.32. The molecule has 2 nitrogen and oxygen atoms in total. The molecule has 0 bridgehead atoms. The Bertz CT molecular complexity index is 492. The van der Waals surface area contributed by atoms with Crippen molar-refractivity contribution in [2.45, 2.75) is 25.7 Å². The molecular formula is C12H14N2. The maximum atomic E-state index is 5.92. The highest BCUT2D eigenvalue weighted by Crippen LogP contribution is 2.43. The molecule has 1 fully saturated rings. The van der Waals surface area contributed by atoms with Crippen molar-refractivity contribution in [3.8, 4) is 0 Å². The van der Waals surface area contributed by atoms with E-state index in [1.165, 1.54) is 29.3 Å². The summed E-state index contributed by atoms with van der Waals surface area (Å²) in [4.78, 5) is 3.32. The van der Waals surface area contributed by atoms with E-state index in [2.05, 4.69) is 23.3 Å². The molecule has 72 valence electrons. The summed E-state index contributed by atoms with van der Waals surface area (Å²) in [6, 6.07) is 4.24. The van der Waals surface area contributed by atoms with Gasteiger partial charge in [0.25, 0.3) is 0 Å². The van der Waals surface area contributed by atoms with E-state index >= 15 is 0 Å². The zero-order valence-corrected chi connectivity index (χ0v) is 8.30. The standard InChI is InChI=1S/C12H14N2/c1-7-4-12-9(5-11(7)13)10(6-14-12)8-2-3-8/h4-6,8,14H,2-3,13H2,1H3. The van der Waals surface area contributed by atoms with Crippen LogP contribution in [-0.4, -0.2) is 4.98 Å². The first-order valence-corrected chi connectivity index (χ1v) is 5.13. The predicted molar refractivity (Wildman–Crippen MR) is 59.4 cm³/mol. The van der Waals surface area contributed by atoms with Crippen LogP contribution in [0.2, 0.25) is 0 Å². The van der Waals surface area contributed by atoms with Gasteiger partial charge in [-0.25, -0.2) is 0 Å².